The lowest BCUT2D eigenvalue weighted by Crippen LogP contribution is -2.27. The summed E-state index contributed by atoms with van der Waals surface area (Å²) in [6.45, 7) is 1.84. The Hall–Kier alpha value is -2.17. The van der Waals surface area contributed by atoms with Crippen molar-refractivity contribution in [2.45, 2.75) is 13.0 Å². The average Bonchev–Trinajstić information content (AvgIpc) is 2.83. The number of carbonyl (C=O) groups excluding carboxylic acids is 1. The molecule has 0 aliphatic rings. The molecule has 2 rings (SSSR count). The van der Waals surface area contributed by atoms with Gasteiger partial charge in [0.2, 0.25) is 0 Å². The van der Waals surface area contributed by atoms with E-state index in [9.17, 15) is 4.79 Å². The van der Waals surface area contributed by atoms with Crippen LogP contribution >= 0.6 is 0 Å². The molecule has 0 aliphatic carbocycles. The molecule has 0 spiro atoms. The number of rotatable bonds is 3. The van der Waals surface area contributed by atoms with Crippen LogP contribution in [-0.4, -0.2) is 16.1 Å². The van der Waals surface area contributed by atoms with Gasteiger partial charge >= 0.3 is 0 Å². The van der Waals surface area contributed by atoms with Gasteiger partial charge in [0.05, 0.1) is 12.3 Å². The fourth-order valence-corrected chi connectivity index (χ4v) is 1.30. The number of furan rings is 1. The summed E-state index contributed by atoms with van der Waals surface area (Å²) in [5, 5.41) is 10.1. The van der Waals surface area contributed by atoms with Crippen molar-refractivity contribution in [3.63, 3.8) is 0 Å². The highest BCUT2D eigenvalue weighted by atomic mass is 16.3. The highest BCUT2D eigenvalue weighted by molar-refractivity contribution is 5.92. The first-order valence-corrected chi connectivity index (χ1v) is 4.89. The Morgan fingerprint density at radius 3 is 2.94 bits per heavy atom. The second-order valence-corrected chi connectivity index (χ2v) is 3.32. The molecule has 1 unspecified atom stereocenters. The molecule has 0 bridgehead atoms. The van der Waals surface area contributed by atoms with E-state index in [0.29, 0.717) is 11.5 Å². The van der Waals surface area contributed by atoms with E-state index in [1.807, 2.05) is 13.0 Å². The van der Waals surface area contributed by atoms with Crippen LogP contribution in [-0.2, 0) is 0 Å². The van der Waals surface area contributed by atoms with Crippen molar-refractivity contribution in [3.05, 3.63) is 48.2 Å². The van der Waals surface area contributed by atoms with Crippen molar-refractivity contribution >= 4 is 5.91 Å². The quantitative estimate of drug-likeness (QED) is 0.847. The lowest BCUT2D eigenvalue weighted by Gasteiger charge is -2.10. The zero-order chi connectivity index (χ0) is 11.4. The number of amides is 1. The normalized spacial score (nSPS) is 12.1. The second-order valence-electron chi connectivity index (χ2n) is 3.32. The molecule has 0 radical (unpaired) electrons. The number of nitrogens with one attached hydrogen (secondary N) is 1. The van der Waals surface area contributed by atoms with Crippen LogP contribution < -0.4 is 5.32 Å². The Balaban J connectivity index is 2.03. The molecule has 0 fully saturated rings. The molecule has 16 heavy (non-hydrogen) atoms. The lowest BCUT2D eigenvalue weighted by molar-refractivity contribution is 0.0929. The number of hydrogen-bond donors (Lipinski definition) is 1. The van der Waals surface area contributed by atoms with Gasteiger partial charge in [-0.15, -0.1) is 5.10 Å². The molecule has 1 amide bonds. The number of nitrogens with zero attached hydrogens (tertiary/aromatic N) is 2. The van der Waals surface area contributed by atoms with E-state index >= 15 is 0 Å². The molecule has 0 saturated heterocycles. The van der Waals surface area contributed by atoms with Gasteiger partial charge < -0.3 is 9.73 Å². The molecule has 0 aliphatic heterocycles. The van der Waals surface area contributed by atoms with E-state index in [1.54, 1.807) is 24.5 Å². The van der Waals surface area contributed by atoms with Crippen LogP contribution in [0.3, 0.4) is 0 Å². The molecule has 5 heteroatoms. The Kier molecular flexibility index (Phi) is 2.95. The zero-order valence-electron chi connectivity index (χ0n) is 8.75. The summed E-state index contributed by atoms with van der Waals surface area (Å²) in [6, 6.07) is 6.67. The van der Waals surface area contributed by atoms with Gasteiger partial charge in [-0.3, -0.25) is 4.79 Å². The van der Waals surface area contributed by atoms with Crippen LogP contribution in [0.2, 0.25) is 0 Å². The molecule has 1 N–H and O–H groups in total. The van der Waals surface area contributed by atoms with E-state index in [0.717, 1.165) is 0 Å². The van der Waals surface area contributed by atoms with E-state index in [1.165, 1.54) is 6.20 Å². The Bertz CT molecular complexity index is 453. The number of hydrogen-bond acceptors (Lipinski definition) is 4. The number of aromatic nitrogens is 2. The second kappa shape index (κ2) is 4.57. The van der Waals surface area contributed by atoms with Crippen LogP contribution in [0.25, 0.3) is 0 Å². The maximum absolute atomic E-state index is 11.7. The summed E-state index contributed by atoms with van der Waals surface area (Å²) >= 11 is 0. The zero-order valence-corrected chi connectivity index (χ0v) is 8.75. The molecular formula is C11H11N3O2. The minimum Gasteiger partial charge on any atom is -0.467 e. The van der Waals surface area contributed by atoms with Gasteiger partial charge in [-0.1, -0.05) is 0 Å². The van der Waals surface area contributed by atoms with Crippen LogP contribution in [0, 0.1) is 0 Å². The Morgan fingerprint density at radius 1 is 1.44 bits per heavy atom. The maximum atomic E-state index is 11.7. The largest absolute Gasteiger partial charge is 0.467 e. The van der Waals surface area contributed by atoms with Gasteiger partial charge in [0, 0.05) is 6.20 Å². The van der Waals surface area contributed by atoms with Crippen molar-refractivity contribution in [3.8, 4) is 0 Å². The van der Waals surface area contributed by atoms with Crippen LogP contribution in [0.15, 0.2) is 41.1 Å². The van der Waals surface area contributed by atoms with Gasteiger partial charge in [0.15, 0.2) is 5.69 Å². The summed E-state index contributed by atoms with van der Waals surface area (Å²) < 4.78 is 5.18. The summed E-state index contributed by atoms with van der Waals surface area (Å²) in [7, 11) is 0. The topological polar surface area (TPSA) is 68.0 Å². The van der Waals surface area contributed by atoms with Crippen molar-refractivity contribution in [1.29, 1.82) is 0 Å². The first-order chi connectivity index (χ1) is 7.77. The fraction of sp³-hybridized carbons (Fsp3) is 0.182. The lowest BCUT2D eigenvalue weighted by atomic mass is 10.2. The third-order valence-corrected chi connectivity index (χ3v) is 2.12. The molecular weight excluding hydrogens is 206 g/mol. The van der Waals surface area contributed by atoms with Crippen molar-refractivity contribution in [2.75, 3.05) is 0 Å². The number of carbonyl (C=O) groups is 1. The average molecular weight is 217 g/mol. The SMILES string of the molecule is CC(NC(=O)c1cccnn1)c1ccco1. The molecule has 0 aromatic carbocycles. The highest BCUT2D eigenvalue weighted by Crippen LogP contribution is 2.12. The first-order valence-electron chi connectivity index (χ1n) is 4.89. The predicted octanol–water partition coefficient (Wildman–Crippen LogP) is 1.56. The van der Waals surface area contributed by atoms with Crippen LogP contribution in [0.5, 0.6) is 0 Å². The van der Waals surface area contributed by atoms with Crippen molar-refractivity contribution < 1.29 is 9.21 Å². The molecule has 2 aromatic heterocycles. The summed E-state index contributed by atoms with van der Waals surface area (Å²) in [5.74, 6) is 0.439. The molecule has 2 aromatic rings. The standard InChI is InChI=1S/C11H11N3O2/c1-8(10-5-3-7-16-10)13-11(15)9-4-2-6-12-14-9/h2-8H,1H3,(H,13,15). The summed E-state index contributed by atoms with van der Waals surface area (Å²) in [4.78, 5) is 11.7. The molecule has 5 nitrogen and oxygen atoms in total. The first kappa shape index (κ1) is 10.4. The molecule has 0 saturated carbocycles. The van der Waals surface area contributed by atoms with Gasteiger partial charge in [0.1, 0.15) is 5.76 Å². The van der Waals surface area contributed by atoms with E-state index < -0.39 is 0 Å². The van der Waals surface area contributed by atoms with Crippen LogP contribution in [0.1, 0.15) is 29.2 Å². The van der Waals surface area contributed by atoms with E-state index in [-0.39, 0.29) is 11.9 Å². The van der Waals surface area contributed by atoms with Crippen molar-refractivity contribution in [2.24, 2.45) is 0 Å². The van der Waals surface area contributed by atoms with Gasteiger partial charge in [-0.05, 0) is 31.2 Å². The summed E-state index contributed by atoms with van der Waals surface area (Å²) in [6.07, 6.45) is 3.09. The minimum atomic E-state index is -0.267. The molecule has 1 atom stereocenters. The monoisotopic (exact) mass is 217 g/mol. The van der Waals surface area contributed by atoms with E-state index in [4.69, 9.17) is 4.42 Å². The third kappa shape index (κ3) is 2.25. The Labute approximate surface area is 92.5 Å². The Morgan fingerprint density at radius 2 is 2.31 bits per heavy atom. The molecule has 82 valence electrons. The van der Waals surface area contributed by atoms with Gasteiger partial charge in [-0.2, -0.15) is 5.10 Å². The smallest absolute Gasteiger partial charge is 0.272 e. The molecule has 2 heterocycles. The van der Waals surface area contributed by atoms with Gasteiger partial charge in [0.25, 0.3) is 5.91 Å². The van der Waals surface area contributed by atoms with E-state index in [2.05, 4.69) is 15.5 Å². The van der Waals surface area contributed by atoms with Gasteiger partial charge in [-0.25, -0.2) is 0 Å². The van der Waals surface area contributed by atoms with Crippen LogP contribution in [0.4, 0.5) is 0 Å². The maximum Gasteiger partial charge on any atom is 0.272 e. The predicted molar refractivity (Wildman–Crippen MR) is 56.6 cm³/mol. The third-order valence-electron chi connectivity index (χ3n) is 2.12. The van der Waals surface area contributed by atoms with Crippen molar-refractivity contribution in [1.82, 2.24) is 15.5 Å². The minimum absolute atomic E-state index is 0.190. The summed E-state index contributed by atoms with van der Waals surface area (Å²) in [5.41, 5.74) is 0.293. The fourth-order valence-electron chi connectivity index (χ4n) is 1.30. The highest BCUT2D eigenvalue weighted by Gasteiger charge is 2.13.